The first-order valence-corrected chi connectivity index (χ1v) is 9.23. The maximum atomic E-state index is 12.3. The number of halogens is 1. The standard InChI is InChI=1S/C21H19ClN4O/c22-17-7-2-4-9-20(17)26-15-11-18(24-26)21(27)23-12-5-13-25-14-10-16-6-1-3-8-19(16)25/h1-4,6-11,14-15H,5,12-13H2,(H,23,27). The molecule has 1 N–H and O–H groups in total. The quantitative estimate of drug-likeness (QED) is 0.508. The number of aromatic nitrogens is 3. The van der Waals surface area contributed by atoms with Crippen molar-refractivity contribution in [2.45, 2.75) is 13.0 Å². The number of hydrogen-bond donors (Lipinski definition) is 1. The summed E-state index contributed by atoms with van der Waals surface area (Å²) in [4.78, 5) is 12.3. The topological polar surface area (TPSA) is 51.9 Å². The minimum absolute atomic E-state index is 0.182. The molecule has 0 unspecified atom stereocenters. The highest BCUT2D eigenvalue weighted by molar-refractivity contribution is 6.32. The fourth-order valence-corrected chi connectivity index (χ4v) is 3.32. The lowest BCUT2D eigenvalue weighted by atomic mass is 10.2. The second-order valence-corrected chi connectivity index (χ2v) is 6.68. The van der Waals surface area contributed by atoms with Crippen LogP contribution in [0.5, 0.6) is 0 Å². The third-order valence-corrected chi connectivity index (χ3v) is 4.78. The summed E-state index contributed by atoms with van der Waals surface area (Å²) < 4.78 is 3.82. The zero-order valence-corrected chi connectivity index (χ0v) is 15.4. The van der Waals surface area contributed by atoms with Crippen LogP contribution in [0.15, 0.2) is 73.1 Å². The normalized spacial score (nSPS) is 11.0. The highest BCUT2D eigenvalue weighted by atomic mass is 35.5. The lowest BCUT2D eigenvalue weighted by molar-refractivity contribution is 0.0947. The van der Waals surface area contributed by atoms with Gasteiger partial charge in [0.25, 0.3) is 5.91 Å². The number of para-hydroxylation sites is 2. The van der Waals surface area contributed by atoms with Gasteiger partial charge in [0.1, 0.15) is 0 Å². The van der Waals surface area contributed by atoms with Gasteiger partial charge < -0.3 is 9.88 Å². The summed E-state index contributed by atoms with van der Waals surface area (Å²) in [6, 6.07) is 19.5. The summed E-state index contributed by atoms with van der Waals surface area (Å²) in [5, 5.41) is 9.07. The lowest BCUT2D eigenvalue weighted by Gasteiger charge is -2.07. The molecule has 0 atom stereocenters. The number of fused-ring (bicyclic) bond motifs is 1. The molecule has 0 saturated heterocycles. The Labute approximate surface area is 162 Å². The summed E-state index contributed by atoms with van der Waals surface area (Å²) >= 11 is 6.18. The predicted octanol–water partition coefficient (Wildman–Crippen LogP) is 4.30. The van der Waals surface area contributed by atoms with Crippen LogP contribution in [0.1, 0.15) is 16.9 Å². The van der Waals surface area contributed by atoms with Crippen molar-refractivity contribution in [1.82, 2.24) is 19.7 Å². The van der Waals surface area contributed by atoms with E-state index >= 15 is 0 Å². The molecule has 2 heterocycles. The highest BCUT2D eigenvalue weighted by Gasteiger charge is 2.11. The van der Waals surface area contributed by atoms with Crippen LogP contribution in [0.2, 0.25) is 5.02 Å². The second kappa shape index (κ2) is 7.68. The van der Waals surface area contributed by atoms with Gasteiger partial charge in [0.15, 0.2) is 5.69 Å². The van der Waals surface area contributed by atoms with Crippen molar-refractivity contribution in [3.63, 3.8) is 0 Å². The van der Waals surface area contributed by atoms with E-state index in [0.29, 0.717) is 17.3 Å². The molecular weight excluding hydrogens is 360 g/mol. The molecule has 0 spiro atoms. The van der Waals surface area contributed by atoms with E-state index in [9.17, 15) is 4.79 Å². The molecule has 0 aliphatic carbocycles. The van der Waals surface area contributed by atoms with Crippen molar-refractivity contribution in [3.05, 3.63) is 83.8 Å². The number of rotatable bonds is 6. The Morgan fingerprint density at radius 3 is 2.70 bits per heavy atom. The Bertz CT molecular complexity index is 1080. The van der Waals surface area contributed by atoms with Gasteiger partial charge in [0.2, 0.25) is 0 Å². The van der Waals surface area contributed by atoms with Crippen LogP contribution in [0.3, 0.4) is 0 Å². The number of carbonyl (C=O) groups excluding carboxylic acids is 1. The van der Waals surface area contributed by atoms with Gasteiger partial charge in [-0.25, -0.2) is 4.68 Å². The summed E-state index contributed by atoms with van der Waals surface area (Å²) in [7, 11) is 0. The van der Waals surface area contributed by atoms with Crippen LogP contribution in [0, 0.1) is 0 Å². The highest BCUT2D eigenvalue weighted by Crippen LogP contribution is 2.19. The molecule has 0 radical (unpaired) electrons. The molecule has 4 rings (SSSR count). The summed E-state index contributed by atoms with van der Waals surface area (Å²) in [5.74, 6) is -0.182. The number of nitrogens with one attached hydrogen (secondary N) is 1. The van der Waals surface area contributed by atoms with Crippen LogP contribution in [0.25, 0.3) is 16.6 Å². The molecule has 136 valence electrons. The van der Waals surface area contributed by atoms with Gasteiger partial charge >= 0.3 is 0 Å². The number of hydrogen-bond acceptors (Lipinski definition) is 2. The van der Waals surface area contributed by atoms with Crippen molar-refractivity contribution in [2.75, 3.05) is 6.54 Å². The molecule has 0 aliphatic rings. The molecule has 0 saturated carbocycles. The monoisotopic (exact) mass is 378 g/mol. The fraction of sp³-hybridized carbons (Fsp3) is 0.143. The van der Waals surface area contributed by atoms with Crippen molar-refractivity contribution in [3.8, 4) is 5.69 Å². The number of benzene rings is 2. The van der Waals surface area contributed by atoms with E-state index in [1.54, 1.807) is 23.0 Å². The van der Waals surface area contributed by atoms with Crippen LogP contribution < -0.4 is 5.32 Å². The molecule has 4 aromatic rings. The number of amides is 1. The Balaban J connectivity index is 1.33. The van der Waals surface area contributed by atoms with E-state index in [0.717, 1.165) is 18.7 Å². The predicted molar refractivity (Wildman–Crippen MR) is 107 cm³/mol. The molecular formula is C21H19ClN4O. The molecule has 0 bridgehead atoms. The molecule has 2 aromatic heterocycles. The van der Waals surface area contributed by atoms with Crippen molar-refractivity contribution >= 4 is 28.4 Å². The van der Waals surface area contributed by atoms with Crippen LogP contribution in [-0.2, 0) is 6.54 Å². The van der Waals surface area contributed by atoms with E-state index in [2.05, 4.69) is 39.4 Å². The Hall–Kier alpha value is -3.05. The summed E-state index contributed by atoms with van der Waals surface area (Å²) in [5.41, 5.74) is 2.33. The minimum Gasteiger partial charge on any atom is -0.351 e. The first-order chi connectivity index (χ1) is 13.2. The molecule has 2 aromatic carbocycles. The molecule has 0 fully saturated rings. The largest absolute Gasteiger partial charge is 0.351 e. The summed E-state index contributed by atoms with van der Waals surface area (Å²) in [6.45, 7) is 1.44. The zero-order valence-electron chi connectivity index (χ0n) is 14.7. The Morgan fingerprint density at radius 1 is 1.00 bits per heavy atom. The van der Waals surface area contributed by atoms with Gasteiger partial charge in [-0.2, -0.15) is 5.10 Å². The molecule has 6 heteroatoms. The number of nitrogens with zero attached hydrogens (tertiary/aromatic N) is 3. The van der Waals surface area contributed by atoms with Gasteiger partial charge in [-0.3, -0.25) is 4.79 Å². The van der Waals surface area contributed by atoms with E-state index in [1.165, 1.54) is 10.9 Å². The Morgan fingerprint density at radius 2 is 1.81 bits per heavy atom. The van der Waals surface area contributed by atoms with Crippen LogP contribution in [-0.4, -0.2) is 26.8 Å². The Kier molecular flexibility index (Phi) is 4.94. The smallest absolute Gasteiger partial charge is 0.271 e. The summed E-state index contributed by atoms with van der Waals surface area (Å²) in [6.07, 6.45) is 4.66. The first kappa shape index (κ1) is 17.4. The second-order valence-electron chi connectivity index (χ2n) is 6.27. The average molecular weight is 379 g/mol. The average Bonchev–Trinajstić information content (AvgIpc) is 3.33. The minimum atomic E-state index is -0.182. The first-order valence-electron chi connectivity index (χ1n) is 8.85. The molecule has 1 amide bonds. The van der Waals surface area contributed by atoms with E-state index < -0.39 is 0 Å². The maximum absolute atomic E-state index is 12.3. The van der Waals surface area contributed by atoms with E-state index in [-0.39, 0.29) is 5.91 Å². The molecule has 0 aliphatic heterocycles. The van der Waals surface area contributed by atoms with Crippen LogP contribution in [0.4, 0.5) is 0 Å². The van der Waals surface area contributed by atoms with Crippen LogP contribution >= 0.6 is 11.6 Å². The number of carbonyl (C=O) groups is 1. The van der Waals surface area contributed by atoms with Crippen molar-refractivity contribution in [2.24, 2.45) is 0 Å². The lowest BCUT2D eigenvalue weighted by Crippen LogP contribution is -2.25. The molecule has 5 nitrogen and oxygen atoms in total. The molecule has 27 heavy (non-hydrogen) atoms. The van der Waals surface area contributed by atoms with Gasteiger partial charge in [-0.05, 0) is 42.1 Å². The van der Waals surface area contributed by atoms with Crippen molar-refractivity contribution in [1.29, 1.82) is 0 Å². The van der Waals surface area contributed by atoms with Gasteiger partial charge in [0, 0.05) is 31.0 Å². The van der Waals surface area contributed by atoms with E-state index in [4.69, 9.17) is 11.6 Å². The van der Waals surface area contributed by atoms with Gasteiger partial charge in [-0.1, -0.05) is 41.9 Å². The SMILES string of the molecule is O=C(NCCCn1ccc2ccccc21)c1ccn(-c2ccccc2Cl)n1. The van der Waals surface area contributed by atoms with Gasteiger partial charge in [0.05, 0.1) is 10.7 Å². The van der Waals surface area contributed by atoms with E-state index in [1.807, 2.05) is 30.3 Å². The fourth-order valence-electron chi connectivity index (χ4n) is 3.09. The number of aryl methyl sites for hydroxylation is 1. The maximum Gasteiger partial charge on any atom is 0.271 e. The van der Waals surface area contributed by atoms with Gasteiger partial charge in [-0.15, -0.1) is 0 Å². The zero-order chi connectivity index (χ0) is 18.6. The third kappa shape index (κ3) is 3.73. The van der Waals surface area contributed by atoms with Crippen molar-refractivity contribution < 1.29 is 4.79 Å². The third-order valence-electron chi connectivity index (χ3n) is 4.46.